The van der Waals surface area contributed by atoms with Gasteiger partial charge in [0.25, 0.3) is 0 Å². The van der Waals surface area contributed by atoms with E-state index in [0.717, 1.165) is 36.4 Å². The van der Waals surface area contributed by atoms with Crippen molar-refractivity contribution in [3.8, 4) is 22.8 Å². The van der Waals surface area contributed by atoms with Gasteiger partial charge in [-0.1, -0.05) is 47.7 Å². The van der Waals surface area contributed by atoms with Gasteiger partial charge in [-0.3, -0.25) is 9.36 Å². The van der Waals surface area contributed by atoms with Gasteiger partial charge in [0.2, 0.25) is 5.91 Å². The number of nitrogens with zero attached hydrogens (tertiary/aromatic N) is 4. The fraction of sp³-hybridized carbons (Fsp3) is 0.269. The topological polar surface area (TPSA) is 60.3 Å². The summed E-state index contributed by atoms with van der Waals surface area (Å²) in [5, 5.41) is 11.8. The maximum atomic E-state index is 13.2. The monoisotopic (exact) mass is 490 g/mol. The second-order valence-electron chi connectivity index (χ2n) is 8.23. The van der Waals surface area contributed by atoms with Gasteiger partial charge in [-0.25, -0.2) is 0 Å². The molecule has 1 aliphatic heterocycles. The van der Waals surface area contributed by atoms with E-state index in [-0.39, 0.29) is 11.9 Å². The zero-order chi connectivity index (χ0) is 23.5. The second-order valence-corrected chi connectivity index (χ2v) is 10.1. The van der Waals surface area contributed by atoms with E-state index in [1.807, 2.05) is 33.7 Å². The number of hydrogen-bond donors (Lipinski definition) is 0. The maximum absolute atomic E-state index is 13.2. The minimum Gasteiger partial charge on any atom is -0.496 e. The third-order valence-corrected chi connectivity index (χ3v) is 7.93. The maximum Gasteiger partial charge on any atom is 0.233 e. The number of benzene rings is 2. The van der Waals surface area contributed by atoms with E-state index in [2.05, 4.69) is 58.9 Å². The lowest BCUT2D eigenvalue weighted by molar-refractivity contribution is -0.129. The van der Waals surface area contributed by atoms with E-state index in [4.69, 9.17) is 4.74 Å². The number of carbonyl (C=O) groups is 1. The molecule has 8 heteroatoms. The number of likely N-dealkylation sites (tertiary alicyclic amines) is 1. The molecule has 1 unspecified atom stereocenters. The van der Waals surface area contributed by atoms with Crippen LogP contribution in [0.3, 0.4) is 0 Å². The Morgan fingerprint density at radius 2 is 1.94 bits per heavy atom. The number of para-hydroxylation sites is 1. The lowest BCUT2D eigenvalue weighted by Crippen LogP contribution is -2.31. The molecule has 1 atom stereocenters. The van der Waals surface area contributed by atoms with E-state index in [1.54, 1.807) is 18.4 Å². The SMILES string of the molecule is COc1ccccc1-c1nnc(SCC(=O)N2CCCC2c2cccs2)n1-c1ccc(C)cc1. The Morgan fingerprint density at radius 1 is 1.12 bits per heavy atom. The van der Waals surface area contributed by atoms with Crippen LogP contribution in [0, 0.1) is 6.92 Å². The molecule has 34 heavy (non-hydrogen) atoms. The van der Waals surface area contributed by atoms with E-state index in [0.29, 0.717) is 16.7 Å². The highest BCUT2D eigenvalue weighted by atomic mass is 32.2. The highest BCUT2D eigenvalue weighted by Crippen LogP contribution is 2.36. The van der Waals surface area contributed by atoms with Crippen LogP contribution in [0.1, 0.15) is 29.3 Å². The Kier molecular flexibility index (Phi) is 6.69. The van der Waals surface area contributed by atoms with Crippen LogP contribution in [0.5, 0.6) is 5.75 Å². The standard InChI is InChI=1S/C26H26N4O2S2/c1-18-11-13-19(14-12-18)30-25(20-7-3-4-9-22(20)32-2)27-28-26(30)34-17-24(31)29-15-5-8-21(29)23-10-6-16-33-23/h3-4,6-7,9-14,16,21H,5,8,15,17H2,1-2H3. The largest absolute Gasteiger partial charge is 0.496 e. The van der Waals surface area contributed by atoms with Gasteiger partial charge in [-0.15, -0.1) is 21.5 Å². The molecule has 0 saturated carbocycles. The van der Waals surface area contributed by atoms with Gasteiger partial charge in [0.1, 0.15) is 5.75 Å². The number of aryl methyl sites for hydroxylation is 1. The van der Waals surface area contributed by atoms with Crippen LogP contribution in [0.25, 0.3) is 17.1 Å². The van der Waals surface area contributed by atoms with Gasteiger partial charge >= 0.3 is 0 Å². The van der Waals surface area contributed by atoms with Crippen molar-refractivity contribution < 1.29 is 9.53 Å². The fourth-order valence-electron chi connectivity index (χ4n) is 4.34. The van der Waals surface area contributed by atoms with Crippen molar-refractivity contribution in [1.82, 2.24) is 19.7 Å². The molecular formula is C26H26N4O2S2. The van der Waals surface area contributed by atoms with Crippen LogP contribution in [0.4, 0.5) is 0 Å². The molecule has 0 aliphatic carbocycles. The zero-order valence-electron chi connectivity index (χ0n) is 19.2. The van der Waals surface area contributed by atoms with Crippen LogP contribution in [0.2, 0.25) is 0 Å². The summed E-state index contributed by atoms with van der Waals surface area (Å²) in [4.78, 5) is 16.5. The molecule has 0 N–H and O–H groups in total. The Morgan fingerprint density at radius 3 is 2.71 bits per heavy atom. The Labute approximate surface area is 207 Å². The van der Waals surface area contributed by atoms with Crippen LogP contribution in [0.15, 0.2) is 71.2 Å². The Hall–Kier alpha value is -3.10. The molecule has 1 aliphatic rings. The van der Waals surface area contributed by atoms with Gasteiger partial charge in [-0.05, 0) is 55.5 Å². The molecule has 0 bridgehead atoms. The molecule has 1 saturated heterocycles. The third-order valence-electron chi connectivity index (χ3n) is 6.04. The quantitative estimate of drug-likeness (QED) is 0.308. The summed E-state index contributed by atoms with van der Waals surface area (Å²) in [5.74, 6) is 1.87. The lowest BCUT2D eigenvalue weighted by atomic mass is 10.1. The van der Waals surface area contributed by atoms with Crippen molar-refractivity contribution in [1.29, 1.82) is 0 Å². The molecule has 0 spiro atoms. The average Bonchev–Trinajstić information content (AvgIpc) is 3.63. The summed E-state index contributed by atoms with van der Waals surface area (Å²) in [6.45, 7) is 2.87. The van der Waals surface area contributed by atoms with Gasteiger partial charge in [0, 0.05) is 17.1 Å². The first-order valence-corrected chi connectivity index (χ1v) is 13.1. The second kappa shape index (κ2) is 10.0. The number of amides is 1. The molecule has 0 radical (unpaired) electrons. The number of rotatable bonds is 7. The zero-order valence-corrected chi connectivity index (χ0v) is 20.8. The molecule has 2 aromatic carbocycles. The van der Waals surface area contributed by atoms with Crippen LogP contribution in [-0.2, 0) is 4.79 Å². The minimum absolute atomic E-state index is 0.137. The van der Waals surface area contributed by atoms with Crippen LogP contribution in [-0.4, -0.2) is 45.0 Å². The number of carbonyl (C=O) groups excluding carboxylic acids is 1. The number of aromatic nitrogens is 3. The van der Waals surface area contributed by atoms with E-state index < -0.39 is 0 Å². The molecule has 5 rings (SSSR count). The first-order chi connectivity index (χ1) is 16.7. The van der Waals surface area contributed by atoms with Crippen LogP contribution < -0.4 is 4.74 Å². The van der Waals surface area contributed by atoms with Crippen molar-refractivity contribution in [2.45, 2.75) is 31.0 Å². The molecule has 3 heterocycles. The van der Waals surface area contributed by atoms with E-state index in [9.17, 15) is 4.79 Å². The molecule has 2 aromatic heterocycles. The minimum atomic E-state index is 0.137. The highest BCUT2D eigenvalue weighted by molar-refractivity contribution is 7.99. The Balaban J connectivity index is 1.44. The molecule has 174 valence electrons. The summed E-state index contributed by atoms with van der Waals surface area (Å²) >= 11 is 3.15. The van der Waals surface area contributed by atoms with Gasteiger partial charge in [-0.2, -0.15) is 0 Å². The van der Waals surface area contributed by atoms with Crippen molar-refractivity contribution in [3.63, 3.8) is 0 Å². The molecule has 6 nitrogen and oxygen atoms in total. The van der Waals surface area contributed by atoms with E-state index >= 15 is 0 Å². The fourth-order valence-corrected chi connectivity index (χ4v) is 6.06. The molecular weight excluding hydrogens is 464 g/mol. The smallest absolute Gasteiger partial charge is 0.233 e. The summed E-state index contributed by atoms with van der Waals surface area (Å²) in [7, 11) is 1.65. The average molecular weight is 491 g/mol. The van der Waals surface area contributed by atoms with Gasteiger partial charge in [0.15, 0.2) is 11.0 Å². The van der Waals surface area contributed by atoms with Gasteiger partial charge < -0.3 is 9.64 Å². The third kappa shape index (κ3) is 4.48. The normalized spacial score (nSPS) is 15.6. The first-order valence-electron chi connectivity index (χ1n) is 11.3. The van der Waals surface area contributed by atoms with Crippen molar-refractivity contribution in [2.24, 2.45) is 0 Å². The lowest BCUT2D eigenvalue weighted by Gasteiger charge is -2.23. The van der Waals surface area contributed by atoms with E-state index in [1.165, 1.54) is 22.2 Å². The van der Waals surface area contributed by atoms with Crippen molar-refractivity contribution in [3.05, 3.63) is 76.5 Å². The van der Waals surface area contributed by atoms with Gasteiger partial charge in [0.05, 0.1) is 24.5 Å². The molecule has 1 fully saturated rings. The number of methoxy groups -OCH3 is 1. The Bertz CT molecular complexity index is 1270. The highest BCUT2D eigenvalue weighted by Gasteiger charge is 2.31. The first kappa shape index (κ1) is 22.7. The number of thiophene rings is 1. The predicted molar refractivity (Wildman–Crippen MR) is 137 cm³/mol. The predicted octanol–water partition coefficient (Wildman–Crippen LogP) is 5.77. The van der Waals surface area contributed by atoms with Crippen molar-refractivity contribution in [2.75, 3.05) is 19.4 Å². The number of thioether (sulfide) groups is 1. The summed E-state index contributed by atoms with van der Waals surface area (Å²) in [6, 6.07) is 20.4. The summed E-state index contributed by atoms with van der Waals surface area (Å²) < 4.78 is 7.59. The van der Waals surface area contributed by atoms with Crippen molar-refractivity contribution >= 4 is 29.0 Å². The molecule has 4 aromatic rings. The molecule has 1 amide bonds. The summed E-state index contributed by atoms with van der Waals surface area (Å²) in [6.07, 6.45) is 2.06. The summed E-state index contributed by atoms with van der Waals surface area (Å²) in [5.41, 5.74) is 2.98. The number of hydrogen-bond acceptors (Lipinski definition) is 6. The number of ether oxygens (including phenoxy) is 1. The van der Waals surface area contributed by atoms with Crippen LogP contribution >= 0.6 is 23.1 Å².